The summed E-state index contributed by atoms with van der Waals surface area (Å²) in [4.78, 5) is 4.33. The summed E-state index contributed by atoms with van der Waals surface area (Å²) in [6.45, 7) is 0. The second-order valence-corrected chi connectivity index (χ2v) is 6.91. The summed E-state index contributed by atoms with van der Waals surface area (Å²) < 4.78 is 17.0. The highest BCUT2D eigenvalue weighted by Gasteiger charge is 2.06. The van der Waals surface area contributed by atoms with Crippen LogP contribution in [0.1, 0.15) is 0 Å². The second kappa shape index (κ2) is 6.56. The Morgan fingerprint density at radius 3 is 2.68 bits per heavy atom. The van der Waals surface area contributed by atoms with Gasteiger partial charge < -0.3 is 9.83 Å². The van der Waals surface area contributed by atoms with Crippen molar-refractivity contribution < 1.29 is 9.50 Å². The molecule has 0 bridgehead atoms. The van der Waals surface area contributed by atoms with Crippen molar-refractivity contribution >= 4 is 40.6 Å². The number of hydrogen-bond acceptors (Lipinski definition) is 5. The quantitative estimate of drug-likeness (QED) is 0.485. The minimum atomic E-state index is -0.263. The number of nitrogens with one attached hydrogen (secondary N) is 1. The van der Waals surface area contributed by atoms with Gasteiger partial charge in [-0.25, -0.2) is 9.37 Å². The van der Waals surface area contributed by atoms with E-state index in [1.54, 1.807) is 30.5 Å². The molecule has 0 atom stereocenters. The lowest BCUT2D eigenvalue weighted by Gasteiger charge is -2.04. The molecule has 3 nitrogen and oxygen atoms in total. The first kappa shape index (κ1) is 15.1. The fourth-order valence-corrected chi connectivity index (χ4v) is 3.53. The average Bonchev–Trinajstić information content (AvgIpc) is 2.98. The summed E-state index contributed by atoms with van der Waals surface area (Å²) in [7, 11) is 0. The molecular weight excluding hydrogens is 343 g/mol. The van der Waals surface area contributed by atoms with E-state index in [2.05, 4.69) is 9.71 Å². The highest BCUT2D eigenvalue weighted by Crippen LogP contribution is 2.33. The SMILES string of the molecule is Oc1ccc(NSc2cnc(-c3ccc(F)cc3)s2)cc1Cl. The number of phenols is 1. The van der Waals surface area contributed by atoms with Crippen molar-refractivity contribution in [3.8, 4) is 16.3 Å². The molecule has 1 heterocycles. The summed E-state index contributed by atoms with van der Waals surface area (Å²) in [5, 5.41) is 10.5. The van der Waals surface area contributed by atoms with Gasteiger partial charge in [-0.05, 0) is 54.4 Å². The van der Waals surface area contributed by atoms with E-state index in [9.17, 15) is 9.50 Å². The van der Waals surface area contributed by atoms with Gasteiger partial charge in [-0.15, -0.1) is 11.3 Å². The van der Waals surface area contributed by atoms with Crippen LogP contribution in [-0.2, 0) is 0 Å². The molecule has 7 heteroatoms. The van der Waals surface area contributed by atoms with Crippen LogP contribution in [-0.4, -0.2) is 10.1 Å². The third-order valence-electron chi connectivity index (χ3n) is 2.79. The molecule has 0 aliphatic carbocycles. The van der Waals surface area contributed by atoms with Crippen molar-refractivity contribution in [3.05, 3.63) is 59.5 Å². The Labute approximate surface area is 139 Å². The van der Waals surface area contributed by atoms with Crippen LogP contribution in [0.2, 0.25) is 5.02 Å². The van der Waals surface area contributed by atoms with Gasteiger partial charge in [0.15, 0.2) is 0 Å². The topological polar surface area (TPSA) is 45.1 Å². The van der Waals surface area contributed by atoms with Gasteiger partial charge in [0.2, 0.25) is 0 Å². The number of nitrogens with zero attached hydrogens (tertiary/aromatic N) is 1. The Balaban J connectivity index is 1.69. The number of aromatic hydroxyl groups is 1. The van der Waals surface area contributed by atoms with Crippen LogP contribution in [0.3, 0.4) is 0 Å². The predicted molar refractivity (Wildman–Crippen MR) is 90.1 cm³/mol. The molecule has 22 heavy (non-hydrogen) atoms. The average molecular weight is 353 g/mol. The van der Waals surface area contributed by atoms with Crippen molar-refractivity contribution in [2.75, 3.05) is 4.72 Å². The molecule has 2 N–H and O–H groups in total. The highest BCUT2D eigenvalue weighted by molar-refractivity contribution is 8.02. The zero-order valence-electron chi connectivity index (χ0n) is 11.1. The first-order chi connectivity index (χ1) is 10.6. The van der Waals surface area contributed by atoms with Crippen molar-refractivity contribution in [2.24, 2.45) is 0 Å². The summed E-state index contributed by atoms with van der Waals surface area (Å²) in [5.74, 6) is -0.214. The molecule has 0 radical (unpaired) electrons. The largest absolute Gasteiger partial charge is 0.506 e. The summed E-state index contributed by atoms with van der Waals surface area (Å²) in [5.41, 5.74) is 1.66. The molecule has 112 valence electrons. The van der Waals surface area contributed by atoms with Crippen LogP contribution < -0.4 is 4.72 Å². The molecular formula is C15H10ClFN2OS2. The molecule has 0 aliphatic rings. The Morgan fingerprint density at radius 2 is 1.95 bits per heavy atom. The van der Waals surface area contributed by atoms with Crippen molar-refractivity contribution in [1.82, 2.24) is 4.98 Å². The van der Waals surface area contributed by atoms with Crippen LogP contribution in [0.15, 0.2) is 52.9 Å². The fraction of sp³-hybridized carbons (Fsp3) is 0. The van der Waals surface area contributed by atoms with E-state index < -0.39 is 0 Å². The summed E-state index contributed by atoms with van der Waals surface area (Å²) >= 11 is 8.75. The Kier molecular flexibility index (Phi) is 4.52. The minimum Gasteiger partial charge on any atom is -0.506 e. The Hall–Kier alpha value is -1.76. The zero-order chi connectivity index (χ0) is 15.5. The van der Waals surface area contributed by atoms with Gasteiger partial charge in [0.25, 0.3) is 0 Å². The Bertz CT molecular complexity index is 792. The lowest BCUT2D eigenvalue weighted by atomic mass is 10.2. The number of hydrogen-bond donors (Lipinski definition) is 2. The number of rotatable bonds is 4. The lowest BCUT2D eigenvalue weighted by molar-refractivity contribution is 0.475. The van der Waals surface area contributed by atoms with Crippen LogP contribution in [0.5, 0.6) is 5.75 Å². The van der Waals surface area contributed by atoms with Crippen LogP contribution >= 0.6 is 34.9 Å². The normalized spacial score (nSPS) is 10.6. The van der Waals surface area contributed by atoms with Crippen molar-refractivity contribution in [3.63, 3.8) is 0 Å². The summed E-state index contributed by atoms with van der Waals surface area (Å²) in [6.07, 6.45) is 1.75. The van der Waals surface area contributed by atoms with E-state index in [4.69, 9.17) is 11.6 Å². The van der Waals surface area contributed by atoms with Crippen molar-refractivity contribution in [1.29, 1.82) is 0 Å². The van der Waals surface area contributed by atoms with Gasteiger partial charge in [0.1, 0.15) is 20.8 Å². The molecule has 0 aliphatic heterocycles. The van der Waals surface area contributed by atoms with Gasteiger partial charge in [-0.3, -0.25) is 0 Å². The lowest BCUT2D eigenvalue weighted by Crippen LogP contribution is -1.84. The molecule has 1 aromatic heterocycles. The van der Waals surface area contributed by atoms with Gasteiger partial charge in [0.05, 0.1) is 11.2 Å². The smallest absolute Gasteiger partial charge is 0.134 e. The number of phenolic OH excluding ortho intramolecular Hbond substituents is 1. The van der Waals surface area contributed by atoms with E-state index in [-0.39, 0.29) is 11.6 Å². The maximum Gasteiger partial charge on any atom is 0.134 e. The second-order valence-electron chi connectivity index (χ2n) is 4.36. The number of benzene rings is 2. The standard InChI is InChI=1S/C15H10ClFN2OS2/c16-12-7-11(5-6-13(12)20)19-22-14-8-18-15(21-14)9-1-3-10(17)4-2-9/h1-8,19-20H. The van der Waals surface area contributed by atoms with E-state index in [1.165, 1.54) is 41.5 Å². The minimum absolute atomic E-state index is 0.0496. The molecule has 2 aromatic carbocycles. The first-order valence-electron chi connectivity index (χ1n) is 6.25. The molecule has 0 fully saturated rings. The molecule has 0 saturated carbocycles. The van der Waals surface area contributed by atoms with Crippen LogP contribution in [0.4, 0.5) is 10.1 Å². The first-order valence-corrected chi connectivity index (χ1v) is 8.26. The summed E-state index contributed by atoms with van der Waals surface area (Å²) in [6, 6.07) is 11.1. The molecule has 0 unspecified atom stereocenters. The van der Waals surface area contributed by atoms with E-state index in [0.717, 1.165) is 20.5 Å². The molecule has 0 amide bonds. The third kappa shape index (κ3) is 3.52. The number of aromatic nitrogens is 1. The molecule has 0 spiro atoms. The van der Waals surface area contributed by atoms with Gasteiger partial charge >= 0.3 is 0 Å². The van der Waals surface area contributed by atoms with Gasteiger partial charge in [-0.2, -0.15) is 0 Å². The highest BCUT2D eigenvalue weighted by atomic mass is 35.5. The van der Waals surface area contributed by atoms with Crippen molar-refractivity contribution in [2.45, 2.75) is 4.21 Å². The Morgan fingerprint density at radius 1 is 1.18 bits per heavy atom. The third-order valence-corrected chi connectivity index (χ3v) is 5.08. The van der Waals surface area contributed by atoms with E-state index >= 15 is 0 Å². The molecule has 3 aromatic rings. The number of halogens is 2. The predicted octanol–water partition coefficient (Wildman–Crippen LogP) is 5.43. The molecule has 3 rings (SSSR count). The van der Waals surface area contributed by atoms with Crippen LogP contribution in [0, 0.1) is 5.82 Å². The molecule has 0 saturated heterocycles. The maximum atomic E-state index is 12.9. The fourth-order valence-electron chi connectivity index (χ4n) is 1.71. The number of anilines is 1. The van der Waals surface area contributed by atoms with E-state index in [0.29, 0.717) is 5.02 Å². The monoisotopic (exact) mass is 352 g/mol. The van der Waals surface area contributed by atoms with Gasteiger partial charge in [0, 0.05) is 11.3 Å². The zero-order valence-corrected chi connectivity index (χ0v) is 13.5. The van der Waals surface area contributed by atoms with E-state index in [1.807, 2.05) is 0 Å². The maximum absolute atomic E-state index is 12.9. The van der Waals surface area contributed by atoms with Crippen LogP contribution in [0.25, 0.3) is 10.6 Å². The number of thiazole rings is 1. The van der Waals surface area contributed by atoms with Gasteiger partial charge in [-0.1, -0.05) is 11.6 Å².